The number of halogens is 1. The van der Waals surface area contributed by atoms with Gasteiger partial charge in [-0.2, -0.15) is 0 Å². The van der Waals surface area contributed by atoms with Crippen molar-refractivity contribution in [1.29, 1.82) is 0 Å². The van der Waals surface area contributed by atoms with Crippen LogP contribution in [0.1, 0.15) is 28.1 Å². The highest BCUT2D eigenvalue weighted by Gasteiger charge is 2.22. The molecule has 20 heavy (non-hydrogen) atoms. The number of alkyl halides is 1. The Kier molecular flexibility index (Phi) is 3.95. The molecule has 3 heteroatoms. The monoisotopic (exact) mass is 287 g/mol. The molecule has 0 fully saturated rings. The minimum atomic E-state index is -0.0946. The van der Waals surface area contributed by atoms with Gasteiger partial charge in [-0.25, -0.2) is 0 Å². The number of benzene rings is 2. The van der Waals surface area contributed by atoms with Crippen LogP contribution in [0.4, 0.5) is 5.69 Å². The summed E-state index contributed by atoms with van der Waals surface area (Å²) in [5, 5.41) is 3.49. The molecule has 2 atom stereocenters. The molecule has 0 saturated carbocycles. The molecule has 1 N–H and O–H groups in total. The van der Waals surface area contributed by atoms with Crippen molar-refractivity contribution in [2.24, 2.45) is 0 Å². The van der Waals surface area contributed by atoms with Gasteiger partial charge in [-0.1, -0.05) is 42.5 Å². The number of fused-ring (bicyclic) bond motifs is 1. The van der Waals surface area contributed by atoms with Crippen LogP contribution >= 0.6 is 11.6 Å². The van der Waals surface area contributed by atoms with Crippen LogP contribution < -0.4 is 5.32 Å². The Morgan fingerprint density at radius 3 is 2.80 bits per heavy atom. The standard InChI is InChI=1S/C17H18ClNO/c1-20-11-15(18)13-7-8-14-10-16(19-17(14)9-13)12-5-3-2-4-6-12/h2-9,15-16,19H,10-11H2,1H3. The van der Waals surface area contributed by atoms with Gasteiger partial charge in [0.05, 0.1) is 18.0 Å². The summed E-state index contributed by atoms with van der Waals surface area (Å²) >= 11 is 6.31. The molecule has 0 aromatic heterocycles. The van der Waals surface area contributed by atoms with E-state index in [1.54, 1.807) is 7.11 Å². The van der Waals surface area contributed by atoms with Gasteiger partial charge in [-0.05, 0) is 29.2 Å². The summed E-state index contributed by atoms with van der Waals surface area (Å²) in [6.45, 7) is 0.530. The van der Waals surface area contributed by atoms with Gasteiger partial charge in [-0.15, -0.1) is 11.6 Å². The zero-order chi connectivity index (χ0) is 13.9. The van der Waals surface area contributed by atoms with Gasteiger partial charge in [0, 0.05) is 12.8 Å². The third-order valence-corrected chi connectivity index (χ3v) is 4.14. The second kappa shape index (κ2) is 5.86. The molecule has 1 aliphatic rings. The number of rotatable bonds is 4. The van der Waals surface area contributed by atoms with Crippen molar-refractivity contribution >= 4 is 17.3 Å². The van der Waals surface area contributed by atoms with Crippen LogP contribution in [0.5, 0.6) is 0 Å². The largest absolute Gasteiger partial charge is 0.383 e. The molecule has 0 bridgehead atoms. The summed E-state index contributed by atoms with van der Waals surface area (Å²) in [7, 11) is 1.67. The maximum Gasteiger partial charge on any atom is 0.0819 e. The molecule has 0 amide bonds. The van der Waals surface area contributed by atoms with Crippen LogP contribution in [0.15, 0.2) is 48.5 Å². The molecular formula is C17H18ClNO. The van der Waals surface area contributed by atoms with E-state index < -0.39 is 0 Å². The summed E-state index contributed by atoms with van der Waals surface area (Å²) in [6.07, 6.45) is 1.02. The maximum atomic E-state index is 6.31. The minimum Gasteiger partial charge on any atom is -0.383 e. The van der Waals surface area contributed by atoms with Gasteiger partial charge in [-0.3, -0.25) is 0 Å². The lowest BCUT2D eigenvalue weighted by atomic mass is 10.0. The molecule has 0 aliphatic carbocycles. The Morgan fingerprint density at radius 1 is 1.25 bits per heavy atom. The number of anilines is 1. The molecule has 0 spiro atoms. The highest BCUT2D eigenvalue weighted by atomic mass is 35.5. The van der Waals surface area contributed by atoms with E-state index >= 15 is 0 Å². The maximum absolute atomic E-state index is 6.31. The highest BCUT2D eigenvalue weighted by Crippen LogP contribution is 2.36. The van der Waals surface area contributed by atoms with E-state index in [0.717, 1.165) is 12.0 Å². The Labute approximate surface area is 124 Å². The number of ether oxygens (including phenoxy) is 1. The van der Waals surface area contributed by atoms with Gasteiger partial charge in [0.2, 0.25) is 0 Å². The Morgan fingerprint density at radius 2 is 2.05 bits per heavy atom. The van der Waals surface area contributed by atoms with Crippen molar-refractivity contribution in [2.75, 3.05) is 19.0 Å². The van der Waals surface area contributed by atoms with Crippen LogP contribution in [0, 0.1) is 0 Å². The summed E-state index contributed by atoms with van der Waals surface area (Å²) < 4.78 is 5.12. The molecule has 3 rings (SSSR count). The summed E-state index contributed by atoms with van der Waals surface area (Å²) in [6, 6.07) is 17.3. The molecule has 2 aromatic carbocycles. The van der Waals surface area contributed by atoms with E-state index in [1.165, 1.54) is 16.8 Å². The van der Waals surface area contributed by atoms with Crippen LogP contribution in [0.2, 0.25) is 0 Å². The smallest absolute Gasteiger partial charge is 0.0819 e. The number of nitrogens with one attached hydrogen (secondary N) is 1. The van der Waals surface area contributed by atoms with E-state index in [9.17, 15) is 0 Å². The van der Waals surface area contributed by atoms with Gasteiger partial charge >= 0.3 is 0 Å². The molecule has 0 saturated heterocycles. The fourth-order valence-corrected chi connectivity index (χ4v) is 2.95. The number of hydrogen-bond donors (Lipinski definition) is 1. The van der Waals surface area contributed by atoms with E-state index in [1.807, 2.05) is 6.07 Å². The summed E-state index contributed by atoms with van der Waals surface area (Å²) in [4.78, 5) is 0. The van der Waals surface area contributed by atoms with Crippen LogP contribution in [-0.4, -0.2) is 13.7 Å². The predicted octanol–water partition coefficient (Wildman–Crippen LogP) is 4.32. The Balaban J connectivity index is 1.80. The molecule has 2 nitrogen and oxygen atoms in total. The average molecular weight is 288 g/mol. The second-order valence-electron chi connectivity index (χ2n) is 5.15. The first-order valence-electron chi connectivity index (χ1n) is 6.85. The van der Waals surface area contributed by atoms with Gasteiger partial charge in [0.25, 0.3) is 0 Å². The van der Waals surface area contributed by atoms with E-state index in [2.05, 4.69) is 47.8 Å². The topological polar surface area (TPSA) is 21.3 Å². The first-order valence-corrected chi connectivity index (χ1v) is 7.29. The van der Waals surface area contributed by atoms with Crippen molar-refractivity contribution in [3.63, 3.8) is 0 Å². The second-order valence-corrected chi connectivity index (χ2v) is 5.68. The fourth-order valence-electron chi connectivity index (χ4n) is 2.69. The predicted molar refractivity (Wildman–Crippen MR) is 83.4 cm³/mol. The van der Waals surface area contributed by atoms with Crippen molar-refractivity contribution < 1.29 is 4.74 Å². The summed E-state index contributed by atoms with van der Waals surface area (Å²) in [5.74, 6) is 0. The molecule has 1 aliphatic heterocycles. The zero-order valence-electron chi connectivity index (χ0n) is 11.5. The van der Waals surface area contributed by atoms with Crippen molar-refractivity contribution in [3.05, 3.63) is 65.2 Å². The third kappa shape index (κ3) is 2.67. The molecule has 2 unspecified atom stereocenters. The van der Waals surface area contributed by atoms with Crippen LogP contribution in [-0.2, 0) is 11.2 Å². The zero-order valence-corrected chi connectivity index (χ0v) is 12.2. The van der Waals surface area contributed by atoms with Crippen molar-refractivity contribution in [1.82, 2.24) is 0 Å². The van der Waals surface area contributed by atoms with Crippen molar-refractivity contribution in [2.45, 2.75) is 17.8 Å². The Bertz CT molecular complexity index is 585. The van der Waals surface area contributed by atoms with E-state index in [0.29, 0.717) is 12.6 Å². The van der Waals surface area contributed by atoms with Crippen molar-refractivity contribution in [3.8, 4) is 0 Å². The first-order chi connectivity index (χ1) is 9.78. The van der Waals surface area contributed by atoms with Gasteiger partial charge < -0.3 is 10.1 Å². The lowest BCUT2D eigenvalue weighted by Gasteiger charge is -2.12. The SMILES string of the molecule is COCC(Cl)c1ccc2c(c1)NC(c1ccccc1)C2. The fraction of sp³-hybridized carbons (Fsp3) is 0.294. The molecule has 2 aromatic rings. The quantitative estimate of drug-likeness (QED) is 0.846. The van der Waals surface area contributed by atoms with E-state index in [-0.39, 0.29) is 5.38 Å². The average Bonchev–Trinajstić information content (AvgIpc) is 2.91. The number of methoxy groups -OCH3 is 1. The van der Waals surface area contributed by atoms with Gasteiger partial charge in [0.1, 0.15) is 0 Å². The Hall–Kier alpha value is -1.51. The minimum absolute atomic E-state index is 0.0946. The molecular weight excluding hydrogens is 270 g/mol. The molecule has 104 valence electrons. The first kappa shape index (κ1) is 13.5. The van der Waals surface area contributed by atoms with E-state index in [4.69, 9.17) is 16.3 Å². The normalized spacial score (nSPS) is 18.4. The summed E-state index contributed by atoms with van der Waals surface area (Å²) in [5.41, 5.74) is 4.97. The lowest BCUT2D eigenvalue weighted by Crippen LogP contribution is -2.05. The highest BCUT2D eigenvalue weighted by molar-refractivity contribution is 6.21. The number of hydrogen-bond acceptors (Lipinski definition) is 2. The molecule has 0 radical (unpaired) electrons. The molecule has 1 heterocycles. The lowest BCUT2D eigenvalue weighted by molar-refractivity contribution is 0.198. The van der Waals surface area contributed by atoms with Gasteiger partial charge in [0.15, 0.2) is 0 Å². The van der Waals surface area contributed by atoms with Crippen LogP contribution in [0.25, 0.3) is 0 Å². The third-order valence-electron chi connectivity index (χ3n) is 3.76. The van der Waals surface area contributed by atoms with Crippen LogP contribution in [0.3, 0.4) is 0 Å².